The first kappa shape index (κ1) is 17.8. The lowest BCUT2D eigenvalue weighted by atomic mass is 9.78. The third-order valence-corrected chi connectivity index (χ3v) is 4.00. The molecule has 1 aromatic rings. The summed E-state index contributed by atoms with van der Waals surface area (Å²) in [4.78, 5) is 11.8. The highest BCUT2D eigenvalue weighted by atomic mass is 16.7. The molecule has 0 heterocycles. The van der Waals surface area contributed by atoms with Gasteiger partial charge in [0.2, 0.25) is 0 Å². The molecule has 128 valence electrons. The van der Waals surface area contributed by atoms with Crippen molar-refractivity contribution in [1.29, 1.82) is 0 Å². The number of benzene rings is 1. The summed E-state index contributed by atoms with van der Waals surface area (Å²) in [7, 11) is 0. The molecule has 1 aliphatic rings. The number of carbonyl (C=O) groups is 1. The summed E-state index contributed by atoms with van der Waals surface area (Å²) in [5, 5.41) is 2.91. The average molecular weight is 321 g/mol. The van der Waals surface area contributed by atoms with E-state index >= 15 is 0 Å². The van der Waals surface area contributed by atoms with Crippen molar-refractivity contribution in [1.82, 2.24) is 5.32 Å². The first-order valence-electron chi connectivity index (χ1n) is 8.41. The zero-order valence-corrected chi connectivity index (χ0v) is 14.0. The molecule has 0 aromatic heterocycles. The monoisotopic (exact) mass is 321 g/mol. The van der Waals surface area contributed by atoms with E-state index in [0.717, 1.165) is 24.8 Å². The van der Waals surface area contributed by atoms with E-state index in [0.29, 0.717) is 25.7 Å². The molecule has 0 unspecified atom stereocenters. The Hall–Kier alpha value is -1.59. The van der Waals surface area contributed by atoms with Crippen LogP contribution in [0.2, 0.25) is 0 Å². The summed E-state index contributed by atoms with van der Waals surface area (Å²) >= 11 is 0. The maximum absolute atomic E-state index is 11.8. The van der Waals surface area contributed by atoms with Gasteiger partial charge in [0.05, 0.1) is 0 Å². The van der Waals surface area contributed by atoms with Gasteiger partial charge in [-0.1, -0.05) is 30.3 Å². The molecule has 1 fully saturated rings. The third-order valence-electron chi connectivity index (χ3n) is 4.00. The number of hydrogen-bond donors (Lipinski definition) is 1. The van der Waals surface area contributed by atoms with E-state index in [-0.39, 0.29) is 18.4 Å². The molecule has 1 aliphatic carbocycles. The fourth-order valence-corrected chi connectivity index (χ4v) is 2.81. The van der Waals surface area contributed by atoms with E-state index in [4.69, 9.17) is 14.2 Å². The van der Waals surface area contributed by atoms with Gasteiger partial charge in [-0.2, -0.15) is 0 Å². The van der Waals surface area contributed by atoms with E-state index in [9.17, 15) is 4.79 Å². The summed E-state index contributed by atoms with van der Waals surface area (Å²) in [6, 6.07) is 9.88. The van der Waals surface area contributed by atoms with E-state index < -0.39 is 0 Å². The molecule has 0 spiro atoms. The van der Waals surface area contributed by atoms with Gasteiger partial charge in [-0.25, -0.2) is 4.79 Å². The van der Waals surface area contributed by atoms with Crippen molar-refractivity contribution < 1.29 is 19.0 Å². The molecule has 2 rings (SSSR count). The van der Waals surface area contributed by atoms with E-state index in [2.05, 4.69) is 5.32 Å². The second kappa shape index (κ2) is 9.53. The number of hydrogen-bond acceptors (Lipinski definition) is 4. The van der Waals surface area contributed by atoms with E-state index in [1.54, 1.807) is 0 Å². The summed E-state index contributed by atoms with van der Waals surface area (Å²) in [6.45, 7) is 5.56. The number of nitrogens with one attached hydrogen (secondary N) is 1. The lowest BCUT2D eigenvalue weighted by Gasteiger charge is -2.37. The Morgan fingerprint density at radius 1 is 1.17 bits per heavy atom. The van der Waals surface area contributed by atoms with Crippen molar-refractivity contribution in [3.05, 3.63) is 35.9 Å². The van der Waals surface area contributed by atoms with Crippen molar-refractivity contribution in [3.8, 4) is 0 Å². The summed E-state index contributed by atoms with van der Waals surface area (Å²) in [5.74, 6) is 0.539. The number of amides is 1. The molecule has 1 saturated carbocycles. The molecule has 23 heavy (non-hydrogen) atoms. The molecule has 0 atom stereocenters. The van der Waals surface area contributed by atoms with Gasteiger partial charge in [0.25, 0.3) is 0 Å². The second-order valence-electron chi connectivity index (χ2n) is 5.82. The van der Waals surface area contributed by atoms with Crippen LogP contribution < -0.4 is 5.32 Å². The number of alkyl carbamates (subject to hydrolysis) is 1. The first-order valence-corrected chi connectivity index (χ1v) is 8.41. The summed E-state index contributed by atoms with van der Waals surface area (Å²) < 4.78 is 16.3. The Labute approximate surface area is 138 Å². The van der Waals surface area contributed by atoms with Crippen molar-refractivity contribution in [3.63, 3.8) is 0 Å². The Morgan fingerprint density at radius 2 is 1.83 bits per heavy atom. The van der Waals surface area contributed by atoms with Crippen molar-refractivity contribution in [2.24, 2.45) is 5.92 Å². The highest BCUT2D eigenvalue weighted by molar-refractivity contribution is 5.67. The number of ether oxygens (including phenoxy) is 3. The van der Waals surface area contributed by atoms with E-state index in [1.807, 2.05) is 44.2 Å². The standard InChI is InChI=1S/C18H27NO4/c1-3-21-17(22-4-2)12-15-10-16(11-15)19-18(20)23-13-14-8-6-5-7-9-14/h5-9,15-17H,3-4,10-13H2,1-2H3,(H,19,20)/t15-,16-. The average Bonchev–Trinajstić information content (AvgIpc) is 2.52. The topological polar surface area (TPSA) is 56.8 Å². The SMILES string of the molecule is CCOC(C[C@H]1C[C@H](NC(=O)OCc2ccccc2)C1)OCC. The van der Waals surface area contributed by atoms with Crippen LogP contribution in [0.15, 0.2) is 30.3 Å². The lowest BCUT2D eigenvalue weighted by Crippen LogP contribution is -2.45. The molecule has 1 amide bonds. The van der Waals surface area contributed by atoms with Crippen molar-refractivity contribution in [2.45, 2.75) is 52.0 Å². The van der Waals surface area contributed by atoms with Gasteiger partial charge in [-0.3, -0.25) is 0 Å². The minimum absolute atomic E-state index is 0.124. The summed E-state index contributed by atoms with van der Waals surface area (Å²) in [5.41, 5.74) is 0.991. The molecule has 5 heteroatoms. The van der Waals surface area contributed by atoms with Crippen LogP contribution in [-0.4, -0.2) is 31.6 Å². The fraction of sp³-hybridized carbons (Fsp3) is 0.611. The van der Waals surface area contributed by atoms with Gasteiger partial charge < -0.3 is 19.5 Å². The van der Waals surface area contributed by atoms with Crippen molar-refractivity contribution in [2.75, 3.05) is 13.2 Å². The molecule has 0 saturated heterocycles. The van der Waals surface area contributed by atoms with E-state index in [1.165, 1.54) is 0 Å². The molecular weight excluding hydrogens is 294 g/mol. The van der Waals surface area contributed by atoms with Gasteiger partial charge in [-0.15, -0.1) is 0 Å². The van der Waals surface area contributed by atoms with Crippen LogP contribution in [0.4, 0.5) is 4.79 Å². The lowest BCUT2D eigenvalue weighted by molar-refractivity contribution is -0.150. The first-order chi connectivity index (χ1) is 11.2. The normalized spacial score (nSPS) is 20.1. The van der Waals surface area contributed by atoms with Crippen LogP contribution in [0.3, 0.4) is 0 Å². The smallest absolute Gasteiger partial charge is 0.407 e. The van der Waals surface area contributed by atoms with Crippen LogP contribution in [-0.2, 0) is 20.8 Å². The molecule has 0 radical (unpaired) electrons. The Morgan fingerprint density at radius 3 is 2.43 bits per heavy atom. The van der Waals surface area contributed by atoms with Crippen molar-refractivity contribution >= 4 is 6.09 Å². The Balaban J connectivity index is 1.60. The second-order valence-corrected chi connectivity index (χ2v) is 5.82. The predicted octanol–water partition coefficient (Wildman–Crippen LogP) is 3.48. The zero-order valence-electron chi connectivity index (χ0n) is 14.0. The van der Waals surface area contributed by atoms with Gasteiger partial charge in [0, 0.05) is 25.7 Å². The highest BCUT2D eigenvalue weighted by Gasteiger charge is 2.32. The molecule has 1 aromatic carbocycles. The predicted molar refractivity (Wildman–Crippen MR) is 87.9 cm³/mol. The maximum atomic E-state index is 11.8. The molecular formula is C18H27NO4. The zero-order chi connectivity index (χ0) is 16.5. The molecule has 5 nitrogen and oxygen atoms in total. The fourth-order valence-electron chi connectivity index (χ4n) is 2.81. The van der Waals surface area contributed by atoms with Gasteiger partial charge in [0.1, 0.15) is 6.61 Å². The van der Waals surface area contributed by atoms with Crippen LogP contribution in [0.1, 0.15) is 38.7 Å². The quantitative estimate of drug-likeness (QED) is 0.708. The Kier molecular flexibility index (Phi) is 7.36. The van der Waals surface area contributed by atoms with Crippen LogP contribution in [0.25, 0.3) is 0 Å². The minimum atomic E-state index is -0.344. The third kappa shape index (κ3) is 6.20. The van der Waals surface area contributed by atoms with Crippen LogP contribution in [0, 0.1) is 5.92 Å². The van der Waals surface area contributed by atoms with Crippen LogP contribution >= 0.6 is 0 Å². The minimum Gasteiger partial charge on any atom is -0.445 e. The van der Waals surface area contributed by atoms with Crippen LogP contribution in [0.5, 0.6) is 0 Å². The number of carbonyl (C=O) groups excluding carboxylic acids is 1. The molecule has 0 aliphatic heterocycles. The summed E-state index contributed by atoms with van der Waals surface area (Å²) in [6.07, 6.45) is 2.33. The van der Waals surface area contributed by atoms with Gasteiger partial charge in [-0.05, 0) is 38.2 Å². The largest absolute Gasteiger partial charge is 0.445 e. The number of rotatable bonds is 9. The highest BCUT2D eigenvalue weighted by Crippen LogP contribution is 2.32. The van der Waals surface area contributed by atoms with Gasteiger partial charge >= 0.3 is 6.09 Å². The Bertz CT molecular complexity index is 453. The molecule has 1 N–H and O–H groups in total. The molecule has 0 bridgehead atoms. The van der Waals surface area contributed by atoms with Gasteiger partial charge in [0.15, 0.2) is 6.29 Å². The maximum Gasteiger partial charge on any atom is 0.407 e.